The molecule has 0 spiro atoms. The molecular formula is C12H17F3N4. The summed E-state index contributed by atoms with van der Waals surface area (Å²) in [5.74, 6) is -3.71. The minimum absolute atomic E-state index is 0.174. The van der Waals surface area contributed by atoms with E-state index in [4.69, 9.17) is 0 Å². The highest BCUT2D eigenvalue weighted by atomic mass is 19.2. The lowest BCUT2D eigenvalue weighted by atomic mass is 10.2. The lowest BCUT2D eigenvalue weighted by Crippen LogP contribution is -2.52. The molecule has 0 bridgehead atoms. The molecule has 4 nitrogen and oxygen atoms in total. The molecule has 1 unspecified atom stereocenters. The van der Waals surface area contributed by atoms with Crippen molar-refractivity contribution in [2.75, 3.05) is 45.6 Å². The first-order chi connectivity index (χ1) is 8.97. The second kappa shape index (κ2) is 5.75. The number of hydrogen-bond donors (Lipinski definition) is 1. The van der Waals surface area contributed by atoms with Crippen LogP contribution in [0.3, 0.4) is 0 Å². The molecule has 0 amide bonds. The van der Waals surface area contributed by atoms with Gasteiger partial charge in [0.1, 0.15) is 0 Å². The maximum Gasteiger partial charge on any atom is 0.251 e. The summed E-state index contributed by atoms with van der Waals surface area (Å²) in [6.45, 7) is 3.14. The SMILES string of the molecule is CN1CCN(C)C(CNc2nc(F)c(F)cc2F)C1. The van der Waals surface area contributed by atoms with Gasteiger partial charge < -0.3 is 10.2 Å². The van der Waals surface area contributed by atoms with Crippen LogP contribution in [0.25, 0.3) is 0 Å². The fourth-order valence-electron chi connectivity index (χ4n) is 2.10. The van der Waals surface area contributed by atoms with Crippen molar-refractivity contribution >= 4 is 5.82 Å². The minimum Gasteiger partial charge on any atom is -0.366 e. The Kier molecular flexibility index (Phi) is 4.26. The van der Waals surface area contributed by atoms with Crippen molar-refractivity contribution in [1.82, 2.24) is 14.8 Å². The van der Waals surface area contributed by atoms with Crippen LogP contribution in [0.1, 0.15) is 0 Å². The highest BCUT2D eigenvalue weighted by Crippen LogP contribution is 2.15. The minimum atomic E-state index is -1.29. The number of pyridine rings is 1. The van der Waals surface area contributed by atoms with E-state index in [0.29, 0.717) is 12.6 Å². The Morgan fingerprint density at radius 1 is 1.26 bits per heavy atom. The molecule has 0 aliphatic carbocycles. The normalized spacial score (nSPS) is 21.6. The Balaban J connectivity index is 2.00. The van der Waals surface area contributed by atoms with Crippen molar-refractivity contribution in [3.05, 3.63) is 23.6 Å². The van der Waals surface area contributed by atoms with Gasteiger partial charge in [0, 0.05) is 38.3 Å². The van der Waals surface area contributed by atoms with Gasteiger partial charge in [-0.05, 0) is 14.1 Å². The summed E-state index contributed by atoms with van der Waals surface area (Å²) >= 11 is 0. The fraction of sp³-hybridized carbons (Fsp3) is 0.583. The van der Waals surface area contributed by atoms with Crippen molar-refractivity contribution in [2.45, 2.75) is 6.04 Å². The predicted octanol–water partition coefficient (Wildman–Crippen LogP) is 1.16. The van der Waals surface area contributed by atoms with Crippen LogP contribution in [-0.4, -0.2) is 61.1 Å². The second-order valence-corrected chi connectivity index (χ2v) is 4.87. The van der Waals surface area contributed by atoms with Crippen molar-refractivity contribution in [3.8, 4) is 0 Å². The first kappa shape index (κ1) is 14.1. The lowest BCUT2D eigenvalue weighted by Gasteiger charge is -2.37. The van der Waals surface area contributed by atoms with Gasteiger partial charge in [-0.1, -0.05) is 0 Å². The Labute approximate surface area is 110 Å². The number of nitrogens with one attached hydrogen (secondary N) is 1. The van der Waals surface area contributed by atoms with Crippen LogP contribution >= 0.6 is 0 Å². The predicted molar refractivity (Wildman–Crippen MR) is 66.5 cm³/mol. The van der Waals surface area contributed by atoms with E-state index in [0.717, 1.165) is 19.6 Å². The van der Waals surface area contributed by atoms with E-state index in [-0.39, 0.29) is 11.9 Å². The zero-order chi connectivity index (χ0) is 14.0. The van der Waals surface area contributed by atoms with E-state index >= 15 is 0 Å². The van der Waals surface area contributed by atoms with Crippen molar-refractivity contribution in [3.63, 3.8) is 0 Å². The third-order valence-electron chi connectivity index (χ3n) is 3.37. The summed E-state index contributed by atoms with van der Waals surface area (Å²) in [6, 6.07) is 0.675. The highest BCUT2D eigenvalue weighted by Gasteiger charge is 2.22. The van der Waals surface area contributed by atoms with Gasteiger partial charge in [0.15, 0.2) is 17.5 Å². The number of rotatable bonds is 3. The molecule has 1 N–H and O–H groups in total. The molecule has 2 heterocycles. The van der Waals surface area contributed by atoms with Crippen LogP contribution in [0.4, 0.5) is 19.0 Å². The maximum atomic E-state index is 13.4. The second-order valence-electron chi connectivity index (χ2n) is 4.87. The largest absolute Gasteiger partial charge is 0.366 e. The third kappa shape index (κ3) is 3.36. The topological polar surface area (TPSA) is 31.4 Å². The van der Waals surface area contributed by atoms with Crippen LogP contribution in [0.2, 0.25) is 0 Å². The van der Waals surface area contributed by atoms with Gasteiger partial charge in [-0.25, -0.2) is 8.78 Å². The van der Waals surface area contributed by atoms with Crippen molar-refractivity contribution in [1.29, 1.82) is 0 Å². The number of aromatic nitrogens is 1. The fourth-order valence-corrected chi connectivity index (χ4v) is 2.10. The number of hydrogen-bond acceptors (Lipinski definition) is 4. The monoisotopic (exact) mass is 274 g/mol. The molecule has 1 aliphatic rings. The van der Waals surface area contributed by atoms with Crippen LogP contribution < -0.4 is 5.32 Å². The molecule has 1 aromatic heterocycles. The molecule has 0 saturated carbocycles. The Bertz CT molecular complexity index is 455. The van der Waals surface area contributed by atoms with E-state index in [1.165, 1.54) is 0 Å². The Morgan fingerprint density at radius 2 is 2.00 bits per heavy atom. The van der Waals surface area contributed by atoms with Crippen molar-refractivity contribution in [2.24, 2.45) is 0 Å². The number of halogens is 3. The molecule has 1 saturated heterocycles. The molecule has 2 rings (SSSR count). The maximum absolute atomic E-state index is 13.4. The highest BCUT2D eigenvalue weighted by molar-refractivity contribution is 5.36. The van der Waals surface area contributed by atoms with Gasteiger partial charge >= 0.3 is 0 Å². The van der Waals surface area contributed by atoms with E-state index in [9.17, 15) is 13.2 Å². The van der Waals surface area contributed by atoms with Gasteiger partial charge in [0.2, 0.25) is 0 Å². The summed E-state index contributed by atoms with van der Waals surface area (Å²) in [6.07, 6.45) is 0. The third-order valence-corrected chi connectivity index (χ3v) is 3.37. The average molecular weight is 274 g/mol. The molecule has 1 aliphatic heterocycles. The number of piperazine rings is 1. The smallest absolute Gasteiger partial charge is 0.251 e. The summed E-state index contributed by atoms with van der Waals surface area (Å²) in [4.78, 5) is 7.55. The van der Waals surface area contributed by atoms with Gasteiger partial charge in [-0.2, -0.15) is 9.37 Å². The van der Waals surface area contributed by atoms with Gasteiger partial charge in [-0.15, -0.1) is 0 Å². The lowest BCUT2D eigenvalue weighted by molar-refractivity contribution is 0.121. The van der Waals surface area contributed by atoms with E-state index in [2.05, 4.69) is 20.1 Å². The summed E-state index contributed by atoms with van der Waals surface area (Å²) in [5, 5.41) is 2.74. The van der Waals surface area contributed by atoms with E-state index in [1.54, 1.807) is 0 Å². The van der Waals surface area contributed by atoms with Gasteiger partial charge in [0.25, 0.3) is 5.95 Å². The van der Waals surface area contributed by atoms with Crippen LogP contribution in [0, 0.1) is 17.6 Å². The Hall–Kier alpha value is -1.34. The molecule has 0 aromatic carbocycles. The van der Waals surface area contributed by atoms with E-state index in [1.807, 2.05) is 14.1 Å². The zero-order valence-corrected chi connectivity index (χ0v) is 11.0. The molecule has 19 heavy (non-hydrogen) atoms. The zero-order valence-electron chi connectivity index (χ0n) is 11.0. The van der Waals surface area contributed by atoms with Gasteiger partial charge in [-0.3, -0.25) is 4.90 Å². The van der Waals surface area contributed by atoms with Crippen LogP contribution in [0.15, 0.2) is 6.07 Å². The first-order valence-electron chi connectivity index (χ1n) is 6.11. The molecule has 106 valence electrons. The van der Waals surface area contributed by atoms with Crippen LogP contribution in [-0.2, 0) is 0 Å². The summed E-state index contributed by atoms with van der Waals surface area (Å²) in [7, 11) is 3.99. The molecule has 1 fully saturated rings. The Morgan fingerprint density at radius 3 is 2.74 bits per heavy atom. The molecule has 7 heteroatoms. The number of anilines is 1. The number of likely N-dealkylation sites (N-methyl/N-ethyl adjacent to an activating group) is 2. The average Bonchev–Trinajstić information content (AvgIpc) is 2.36. The molecule has 0 radical (unpaired) electrons. The summed E-state index contributed by atoms with van der Waals surface area (Å²) < 4.78 is 39.1. The summed E-state index contributed by atoms with van der Waals surface area (Å²) in [5.41, 5.74) is 0. The molecular weight excluding hydrogens is 257 g/mol. The quantitative estimate of drug-likeness (QED) is 0.838. The standard InChI is InChI=1S/C12H17F3N4/c1-18-3-4-19(2)8(7-18)6-16-12-10(14)5-9(13)11(15)17-12/h5,8H,3-4,6-7H2,1-2H3,(H,16,17). The first-order valence-corrected chi connectivity index (χ1v) is 6.11. The van der Waals surface area contributed by atoms with Gasteiger partial charge in [0.05, 0.1) is 0 Å². The molecule has 1 aromatic rings. The number of nitrogens with zero attached hydrogens (tertiary/aromatic N) is 3. The molecule has 1 atom stereocenters. The van der Waals surface area contributed by atoms with Crippen LogP contribution in [0.5, 0.6) is 0 Å². The van der Waals surface area contributed by atoms with Crippen molar-refractivity contribution < 1.29 is 13.2 Å². The van der Waals surface area contributed by atoms with E-state index < -0.39 is 17.6 Å².